The van der Waals surface area contributed by atoms with Gasteiger partial charge in [-0.3, -0.25) is 4.79 Å². The first kappa shape index (κ1) is 82.4. The van der Waals surface area contributed by atoms with Gasteiger partial charge in [-0.2, -0.15) is 4.58 Å². The lowest BCUT2D eigenvalue weighted by Gasteiger charge is -2.31. The van der Waals surface area contributed by atoms with Crippen LogP contribution in [0.2, 0.25) is 0 Å². The number of hydrogen-bond donors (Lipinski definition) is 1. The Morgan fingerprint density at radius 2 is 0.959 bits per heavy atom. The Balaban J connectivity index is 0.0000170. The maximum Gasteiger partial charge on any atom is 0.303 e. The number of unbranched alkanes of at least 4 members (excludes halogenated alkanes) is 2. The minimum Gasteiger partial charge on any atom is -0.748 e. The fourth-order valence-corrected chi connectivity index (χ4v) is 14.7. The van der Waals surface area contributed by atoms with Crippen LogP contribution in [0.25, 0.3) is 21.5 Å². The van der Waals surface area contributed by atoms with E-state index in [0.29, 0.717) is 119 Å². The Kier molecular flexibility index (Phi) is 32.2. The second-order valence-corrected chi connectivity index (χ2v) is 29.6. The van der Waals surface area contributed by atoms with E-state index in [0.717, 1.165) is 12.1 Å². The van der Waals surface area contributed by atoms with Crippen molar-refractivity contribution in [2.24, 2.45) is 0 Å². The molecule has 1 N–H and O–H groups in total. The third-order valence-electron chi connectivity index (χ3n) is 16.0. The van der Waals surface area contributed by atoms with Gasteiger partial charge in [0.15, 0.2) is 12.3 Å². The molecule has 0 spiro atoms. The summed E-state index contributed by atoms with van der Waals surface area (Å²) in [6.07, 6.45) is 8.82. The van der Waals surface area contributed by atoms with Crippen molar-refractivity contribution in [3.63, 3.8) is 0 Å². The first-order chi connectivity index (χ1) is 45.4. The van der Waals surface area contributed by atoms with Gasteiger partial charge in [0.1, 0.15) is 47.1 Å². The van der Waals surface area contributed by atoms with Gasteiger partial charge < -0.3 is 80.1 Å². The molecule has 544 valence electrons. The molecular weight excluding hydrogens is 1380 g/mol. The van der Waals surface area contributed by atoms with Crippen LogP contribution in [0.3, 0.4) is 0 Å². The number of ether oxygens (including phenoxy) is 10. The van der Waals surface area contributed by atoms with Gasteiger partial charge in [-0.15, -0.1) is 0 Å². The van der Waals surface area contributed by atoms with Gasteiger partial charge >= 0.3 is 5.97 Å². The molecule has 2 aliphatic heterocycles. The SMILES string of the molecule is C.COCCOCCOCCOCCOCCOCC[N+]1=C(/C=C/C=C/C=C2/N(CCCCCC(=O)O)c3ccc4c(S(=O)(=O)[O-])cc(S(=O)(=O)[O-])cc4c3C2(C)CCOCCOCCOCCOC)C(C)(CCCS(=O)(=O)[O-])c2c1ccc1c(S(=O)(=O)[O-])cc(S(=O)(=O)[O-])cc21. The number of carbonyl (C=O) groups is 1. The van der Waals surface area contributed by atoms with Crippen LogP contribution < -0.4 is 4.90 Å². The van der Waals surface area contributed by atoms with Crippen molar-refractivity contribution in [3.8, 4) is 0 Å². The van der Waals surface area contributed by atoms with Crippen LogP contribution in [0.4, 0.5) is 11.4 Å². The van der Waals surface area contributed by atoms with Gasteiger partial charge in [0, 0.05) is 79.4 Å². The second-order valence-electron chi connectivity index (χ2n) is 22.6. The van der Waals surface area contributed by atoms with Crippen LogP contribution in [0.15, 0.2) is 104 Å². The summed E-state index contributed by atoms with van der Waals surface area (Å²) in [6, 6.07) is 8.62. The molecule has 29 nitrogen and oxygen atoms in total. The monoisotopic (exact) mass is 1460 g/mol. The van der Waals surface area contributed by atoms with Crippen molar-refractivity contribution in [2.45, 2.75) is 96.6 Å². The number of nitrogens with zero attached hydrogens (tertiary/aromatic N) is 2. The summed E-state index contributed by atoms with van der Waals surface area (Å²) in [4.78, 5) is 9.43. The summed E-state index contributed by atoms with van der Waals surface area (Å²) >= 11 is 0. The van der Waals surface area contributed by atoms with Gasteiger partial charge in [0.05, 0.1) is 141 Å². The van der Waals surface area contributed by atoms with E-state index in [1.807, 2.05) is 4.90 Å². The Bertz CT molecular complexity index is 4030. The molecular formula is C63H86N2O27S5-4. The highest BCUT2D eigenvalue weighted by Crippen LogP contribution is 2.54. The number of carboxylic acids is 1. The molecule has 6 rings (SSSR count). The van der Waals surface area contributed by atoms with Crippen LogP contribution in [0, 0.1) is 0 Å². The van der Waals surface area contributed by atoms with Gasteiger partial charge in [-0.1, -0.05) is 38.1 Å². The highest BCUT2D eigenvalue weighted by Gasteiger charge is 2.49. The molecule has 0 aromatic heterocycles. The number of hydrogen-bond acceptors (Lipinski definition) is 27. The first-order valence-corrected chi connectivity index (χ1v) is 37.9. The van der Waals surface area contributed by atoms with Crippen LogP contribution in [0.1, 0.15) is 77.3 Å². The molecule has 4 aromatic rings. The molecule has 0 radical (unpaired) electrons. The molecule has 0 aliphatic carbocycles. The third kappa shape index (κ3) is 23.7. The molecule has 0 saturated carbocycles. The van der Waals surface area contributed by atoms with Crippen LogP contribution >= 0.6 is 0 Å². The average molecular weight is 1460 g/mol. The largest absolute Gasteiger partial charge is 0.748 e. The van der Waals surface area contributed by atoms with Gasteiger partial charge in [-0.25, -0.2) is 42.1 Å². The molecule has 2 aliphatic rings. The number of aliphatic carboxylic acids is 1. The van der Waals surface area contributed by atoms with Gasteiger partial charge in [-0.05, 0) is 110 Å². The zero-order valence-corrected chi connectivity index (χ0v) is 57.9. The summed E-state index contributed by atoms with van der Waals surface area (Å²) < 4.78 is 247. The number of rotatable bonds is 47. The Labute approximate surface area is 568 Å². The lowest BCUT2D eigenvalue weighted by atomic mass is 9.74. The van der Waals surface area contributed by atoms with Crippen LogP contribution in [0.5, 0.6) is 0 Å². The predicted molar refractivity (Wildman–Crippen MR) is 350 cm³/mol. The number of allylic oxidation sites excluding steroid dienone is 6. The fourth-order valence-electron chi connectivity index (χ4n) is 11.6. The molecule has 2 heterocycles. The van der Waals surface area contributed by atoms with Crippen molar-refractivity contribution in [1.29, 1.82) is 0 Å². The highest BCUT2D eigenvalue weighted by atomic mass is 32.2. The molecule has 0 amide bonds. The number of anilines is 1. The Hall–Kier alpha value is -5.29. The van der Waals surface area contributed by atoms with E-state index < -0.39 is 92.7 Å². The number of benzene rings is 4. The molecule has 4 aromatic carbocycles. The lowest BCUT2D eigenvalue weighted by molar-refractivity contribution is -0.442. The Morgan fingerprint density at radius 1 is 0.505 bits per heavy atom. The van der Waals surface area contributed by atoms with Crippen molar-refractivity contribution in [1.82, 2.24) is 0 Å². The molecule has 97 heavy (non-hydrogen) atoms. The van der Waals surface area contributed by atoms with Crippen molar-refractivity contribution in [2.75, 3.05) is 157 Å². The van der Waals surface area contributed by atoms with E-state index >= 15 is 0 Å². The average Bonchev–Trinajstić information content (AvgIpc) is 1.60. The standard InChI is InChI=1S/C62H86N2O27S5.CH4/c1-61(19-11-41-92(67,68)69)56(64(22-24-85-30-32-89-37-38-91-40-39-90-36-34-87-28-26-83-4)53-18-16-48-50(59(53)61)42-46(93(70,71)72)44-54(48)95(76,77)78)12-7-5-8-13-57-62(2,20-23-84-29-31-88-35-33-86-27-25-82-3)60-51-43-47(94(73,74)75)45-55(96(79,80)81)49(51)15-17-52(60)63(57)21-10-6-9-14-58(65)66;/h5,7-8,12-13,15-18,42-45H,6,9-11,14,19-41H2,1-4H3,(H5-,65,66,67,68,69,70,71,72,73,74,75,76,77,78,79,80,81);1H4/p-4. The molecule has 2 atom stereocenters. The highest BCUT2D eigenvalue weighted by molar-refractivity contribution is 7.87. The van der Waals surface area contributed by atoms with E-state index in [4.69, 9.17) is 47.4 Å². The maximum atomic E-state index is 12.9. The van der Waals surface area contributed by atoms with Gasteiger partial charge in [0.25, 0.3) is 0 Å². The van der Waals surface area contributed by atoms with Crippen LogP contribution in [-0.4, -0.2) is 238 Å². The Morgan fingerprint density at radius 3 is 1.41 bits per heavy atom. The van der Waals surface area contributed by atoms with Crippen LogP contribution in [-0.2, 0) is 114 Å². The number of fused-ring (bicyclic) bond motifs is 6. The van der Waals surface area contributed by atoms with Gasteiger partial charge in [0.2, 0.25) is 5.69 Å². The third-order valence-corrected chi connectivity index (χ3v) is 20.2. The molecule has 0 saturated heterocycles. The van der Waals surface area contributed by atoms with Crippen molar-refractivity contribution in [3.05, 3.63) is 95.7 Å². The zero-order chi connectivity index (χ0) is 70.4. The van der Waals surface area contributed by atoms with E-state index in [9.17, 15) is 74.8 Å². The zero-order valence-electron chi connectivity index (χ0n) is 53.8. The maximum absolute atomic E-state index is 12.9. The minimum absolute atomic E-state index is 0. The summed E-state index contributed by atoms with van der Waals surface area (Å²) in [6.45, 7) is 8.29. The predicted octanol–water partition coefficient (Wildman–Crippen LogP) is 5.16. The molecule has 2 unspecified atom stereocenters. The van der Waals surface area contributed by atoms with Crippen molar-refractivity contribution >= 4 is 95.2 Å². The topological polar surface area (TPSA) is 422 Å². The smallest absolute Gasteiger partial charge is 0.303 e. The lowest BCUT2D eigenvalue weighted by Crippen LogP contribution is -2.33. The summed E-state index contributed by atoms with van der Waals surface area (Å²) in [5.41, 5.74) is -0.598. The fraction of sp³-hybridized carbons (Fsp3) is 0.556. The molecule has 0 bridgehead atoms. The molecule has 0 fully saturated rings. The normalized spacial score (nSPS) is 17.4. The summed E-state index contributed by atoms with van der Waals surface area (Å²) in [7, 11) is -23.4. The van der Waals surface area contributed by atoms with E-state index in [1.54, 1.807) is 69.1 Å². The van der Waals surface area contributed by atoms with Crippen molar-refractivity contribution < 1.29 is 127 Å². The quantitative estimate of drug-likeness (QED) is 0.0258. The number of carboxylic acid groups (broad SMARTS) is 1. The van der Waals surface area contributed by atoms with E-state index in [-0.39, 0.29) is 133 Å². The van der Waals surface area contributed by atoms with E-state index in [2.05, 4.69) is 0 Å². The summed E-state index contributed by atoms with van der Waals surface area (Å²) in [5.74, 6) is -1.87. The second kappa shape index (κ2) is 37.9. The number of methoxy groups -OCH3 is 2. The van der Waals surface area contributed by atoms with E-state index in [1.165, 1.54) is 18.2 Å². The minimum atomic E-state index is -5.47. The summed E-state index contributed by atoms with van der Waals surface area (Å²) in [5, 5.41) is 8.83. The molecule has 34 heteroatoms. The first-order valence-electron chi connectivity index (χ1n) is 30.7.